The van der Waals surface area contributed by atoms with Gasteiger partial charge in [0.05, 0.1) is 23.0 Å². The Balaban J connectivity index is 2.29. The SMILES string of the molecule is CC(O)c1[nH]ncc1B1OC(C)(C)C(C)(C)O1. The van der Waals surface area contributed by atoms with Gasteiger partial charge < -0.3 is 14.4 Å². The van der Waals surface area contributed by atoms with Gasteiger partial charge in [0.25, 0.3) is 0 Å². The number of nitrogens with one attached hydrogen (secondary N) is 1. The maximum atomic E-state index is 9.63. The highest BCUT2D eigenvalue weighted by atomic mass is 16.7. The van der Waals surface area contributed by atoms with Gasteiger partial charge in [-0.15, -0.1) is 0 Å². The number of nitrogens with zero attached hydrogens (tertiary/aromatic N) is 1. The molecule has 0 amide bonds. The number of rotatable bonds is 2. The average Bonchev–Trinajstić information content (AvgIpc) is 2.69. The minimum Gasteiger partial charge on any atom is -0.399 e. The first-order valence-electron chi connectivity index (χ1n) is 5.81. The Labute approximate surface area is 102 Å². The lowest BCUT2D eigenvalue weighted by Crippen LogP contribution is -2.41. The second kappa shape index (κ2) is 3.83. The number of aromatic nitrogens is 2. The van der Waals surface area contributed by atoms with Crippen LogP contribution in [0.25, 0.3) is 0 Å². The van der Waals surface area contributed by atoms with Crippen LogP contribution >= 0.6 is 0 Å². The molecule has 1 aliphatic heterocycles. The summed E-state index contributed by atoms with van der Waals surface area (Å²) in [5, 5.41) is 16.3. The normalized spacial score (nSPS) is 24.0. The summed E-state index contributed by atoms with van der Waals surface area (Å²) in [5.74, 6) is 0. The van der Waals surface area contributed by atoms with E-state index in [-0.39, 0.29) is 11.2 Å². The van der Waals surface area contributed by atoms with Crippen molar-refractivity contribution in [3.05, 3.63) is 11.9 Å². The van der Waals surface area contributed by atoms with Crippen molar-refractivity contribution in [1.82, 2.24) is 10.2 Å². The summed E-state index contributed by atoms with van der Waals surface area (Å²) in [6, 6.07) is 0. The van der Waals surface area contributed by atoms with E-state index >= 15 is 0 Å². The Hall–Kier alpha value is -0.845. The fourth-order valence-electron chi connectivity index (χ4n) is 1.80. The van der Waals surface area contributed by atoms with Crippen LogP contribution in [0.1, 0.15) is 46.4 Å². The summed E-state index contributed by atoms with van der Waals surface area (Å²) >= 11 is 0. The van der Waals surface area contributed by atoms with Gasteiger partial charge in [-0.05, 0) is 34.6 Å². The van der Waals surface area contributed by atoms with Crippen molar-refractivity contribution in [1.29, 1.82) is 0 Å². The molecule has 5 nitrogen and oxygen atoms in total. The summed E-state index contributed by atoms with van der Waals surface area (Å²) in [6.45, 7) is 9.66. The Morgan fingerprint density at radius 1 is 1.29 bits per heavy atom. The quantitative estimate of drug-likeness (QED) is 0.746. The zero-order valence-electron chi connectivity index (χ0n) is 10.9. The van der Waals surface area contributed by atoms with Crippen molar-refractivity contribution in [2.75, 3.05) is 0 Å². The van der Waals surface area contributed by atoms with E-state index in [4.69, 9.17) is 9.31 Å². The van der Waals surface area contributed by atoms with E-state index < -0.39 is 13.2 Å². The van der Waals surface area contributed by atoms with Crippen LogP contribution in [0.2, 0.25) is 0 Å². The number of hydrogen-bond donors (Lipinski definition) is 2. The summed E-state index contributed by atoms with van der Waals surface area (Å²) in [5.41, 5.74) is 0.637. The van der Waals surface area contributed by atoms with Crippen molar-refractivity contribution in [2.24, 2.45) is 0 Å². The van der Waals surface area contributed by atoms with Crippen LogP contribution in [0, 0.1) is 0 Å². The number of aromatic amines is 1. The maximum Gasteiger partial charge on any atom is 0.498 e. The average molecular weight is 238 g/mol. The molecule has 1 saturated heterocycles. The molecule has 17 heavy (non-hydrogen) atoms. The lowest BCUT2D eigenvalue weighted by molar-refractivity contribution is 0.00578. The van der Waals surface area contributed by atoms with Gasteiger partial charge in [-0.25, -0.2) is 0 Å². The first-order chi connectivity index (χ1) is 7.74. The zero-order chi connectivity index (χ0) is 12.8. The molecule has 0 spiro atoms. The predicted octanol–water partition coefficient (Wildman–Crippen LogP) is 0.762. The fourth-order valence-corrected chi connectivity index (χ4v) is 1.80. The topological polar surface area (TPSA) is 67.4 Å². The third-order valence-corrected chi connectivity index (χ3v) is 3.62. The van der Waals surface area contributed by atoms with E-state index in [1.165, 1.54) is 0 Å². The van der Waals surface area contributed by atoms with Crippen molar-refractivity contribution in [3.63, 3.8) is 0 Å². The molecular formula is C11H19BN2O3. The van der Waals surface area contributed by atoms with E-state index in [1.54, 1.807) is 13.1 Å². The first kappa shape index (κ1) is 12.6. The molecule has 0 aromatic carbocycles. The van der Waals surface area contributed by atoms with Crippen LogP contribution in [0.3, 0.4) is 0 Å². The van der Waals surface area contributed by atoms with E-state index in [0.29, 0.717) is 5.69 Å². The third-order valence-electron chi connectivity index (χ3n) is 3.62. The molecule has 1 aliphatic rings. The summed E-state index contributed by atoms with van der Waals surface area (Å²) < 4.78 is 11.8. The highest BCUT2D eigenvalue weighted by Crippen LogP contribution is 2.36. The fraction of sp³-hybridized carbons (Fsp3) is 0.727. The Morgan fingerprint density at radius 3 is 2.29 bits per heavy atom. The molecular weight excluding hydrogens is 219 g/mol. The lowest BCUT2D eigenvalue weighted by atomic mass is 9.78. The second-order valence-corrected chi connectivity index (χ2v) is 5.50. The number of H-pyrrole nitrogens is 1. The smallest absolute Gasteiger partial charge is 0.399 e. The van der Waals surface area contributed by atoms with E-state index in [2.05, 4.69) is 10.2 Å². The van der Waals surface area contributed by atoms with Crippen molar-refractivity contribution < 1.29 is 14.4 Å². The van der Waals surface area contributed by atoms with Crippen molar-refractivity contribution >= 4 is 12.6 Å². The van der Waals surface area contributed by atoms with Crippen molar-refractivity contribution in [2.45, 2.75) is 51.9 Å². The van der Waals surface area contributed by atoms with Gasteiger partial charge in [0.1, 0.15) is 0 Å². The molecule has 2 N–H and O–H groups in total. The minimum absolute atomic E-state index is 0.384. The molecule has 1 unspecified atom stereocenters. The van der Waals surface area contributed by atoms with E-state index in [9.17, 15) is 5.11 Å². The van der Waals surface area contributed by atoms with Gasteiger partial charge >= 0.3 is 7.12 Å². The van der Waals surface area contributed by atoms with Crippen LogP contribution in [0.5, 0.6) is 0 Å². The number of aliphatic hydroxyl groups is 1. The monoisotopic (exact) mass is 238 g/mol. The van der Waals surface area contributed by atoms with E-state index in [1.807, 2.05) is 27.7 Å². The van der Waals surface area contributed by atoms with Gasteiger partial charge in [-0.1, -0.05) is 0 Å². The Bertz CT molecular complexity index is 399. The highest BCUT2D eigenvalue weighted by molar-refractivity contribution is 6.62. The van der Waals surface area contributed by atoms with Gasteiger partial charge in [0, 0.05) is 11.7 Å². The maximum absolute atomic E-state index is 9.63. The Kier molecular flexibility index (Phi) is 2.84. The molecule has 0 radical (unpaired) electrons. The minimum atomic E-state index is -0.619. The number of aliphatic hydroxyl groups excluding tert-OH is 1. The highest BCUT2D eigenvalue weighted by Gasteiger charge is 2.52. The van der Waals surface area contributed by atoms with Crippen LogP contribution in [-0.2, 0) is 9.31 Å². The third kappa shape index (κ3) is 2.01. The molecule has 2 rings (SSSR count). The molecule has 1 aromatic rings. The molecule has 1 atom stereocenters. The van der Waals surface area contributed by atoms with Gasteiger partial charge in [0.2, 0.25) is 0 Å². The second-order valence-electron chi connectivity index (χ2n) is 5.50. The first-order valence-corrected chi connectivity index (χ1v) is 5.81. The predicted molar refractivity (Wildman–Crippen MR) is 64.9 cm³/mol. The van der Waals surface area contributed by atoms with Crippen LogP contribution in [0.4, 0.5) is 0 Å². The van der Waals surface area contributed by atoms with Gasteiger partial charge in [-0.3, -0.25) is 5.10 Å². The van der Waals surface area contributed by atoms with Gasteiger partial charge in [-0.2, -0.15) is 5.10 Å². The molecule has 1 aromatic heterocycles. The Morgan fingerprint density at radius 2 is 1.82 bits per heavy atom. The molecule has 94 valence electrons. The summed E-state index contributed by atoms with van der Waals surface area (Å²) in [7, 11) is -0.483. The molecule has 2 heterocycles. The summed E-state index contributed by atoms with van der Waals surface area (Å²) in [6.07, 6.45) is 1.02. The van der Waals surface area contributed by atoms with Crippen molar-refractivity contribution in [3.8, 4) is 0 Å². The van der Waals surface area contributed by atoms with E-state index in [0.717, 1.165) is 5.46 Å². The molecule has 1 fully saturated rings. The standard InChI is InChI=1S/C11H19BN2O3/c1-7(15)9-8(6-13-14-9)12-16-10(2,3)11(4,5)17-12/h6-7,15H,1-5H3,(H,13,14). The van der Waals surface area contributed by atoms with Crippen LogP contribution in [0.15, 0.2) is 6.20 Å². The van der Waals surface area contributed by atoms with Crippen LogP contribution in [-0.4, -0.2) is 33.6 Å². The molecule has 0 aliphatic carbocycles. The lowest BCUT2D eigenvalue weighted by Gasteiger charge is -2.32. The van der Waals surface area contributed by atoms with Gasteiger partial charge in [0.15, 0.2) is 0 Å². The zero-order valence-corrected chi connectivity index (χ0v) is 10.9. The summed E-state index contributed by atoms with van der Waals surface area (Å²) in [4.78, 5) is 0. The molecule has 0 bridgehead atoms. The number of hydrogen-bond acceptors (Lipinski definition) is 4. The molecule has 0 saturated carbocycles. The van der Waals surface area contributed by atoms with Crippen LogP contribution < -0.4 is 5.46 Å². The molecule has 6 heteroatoms. The largest absolute Gasteiger partial charge is 0.498 e.